The Labute approximate surface area is 137 Å². The molecule has 5 nitrogen and oxygen atoms in total. The molecule has 1 heterocycles. The molecule has 0 N–H and O–H groups in total. The summed E-state index contributed by atoms with van der Waals surface area (Å²) in [6.07, 6.45) is 2.10. The van der Waals surface area contributed by atoms with Crippen LogP contribution in [0.3, 0.4) is 0 Å². The summed E-state index contributed by atoms with van der Waals surface area (Å²) in [5, 5.41) is 8.77. The molecule has 1 aliphatic heterocycles. The minimum absolute atomic E-state index is 0.136. The number of esters is 1. The van der Waals surface area contributed by atoms with E-state index < -0.39 is 0 Å². The molecule has 23 heavy (non-hydrogen) atoms. The van der Waals surface area contributed by atoms with E-state index in [0.717, 1.165) is 38.1 Å². The molecule has 0 amide bonds. The second kappa shape index (κ2) is 9.29. The van der Waals surface area contributed by atoms with Gasteiger partial charge in [-0.3, -0.25) is 9.69 Å². The average molecular weight is 316 g/mol. The molecule has 1 fully saturated rings. The van der Waals surface area contributed by atoms with Crippen LogP contribution in [0.5, 0.6) is 0 Å². The minimum Gasteiger partial charge on any atom is -0.465 e. The van der Waals surface area contributed by atoms with Crippen LogP contribution in [0.25, 0.3) is 0 Å². The zero-order valence-corrected chi connectivity index (χ0v) is 13.7. The monoisotopic (exact) mass is 316 g/mol. The van der Waals surface area contributed by atoms with E-state index >= 15 is 0 Å². The van der Waals surface area contributed by atoms with Crippen LogP contribution in [-0.4, -0.2) is 43.7 Å². The number of benzene rings is 1. The van der Waals surface area contributed by atoms with Crippen LogP contribution < -0.4 is 0 Å². The van der Waals surface area contributed by atoms with Crippen LogP contribution in [0.2, 0.25) is 0 Å². The van der Waals surface area contributed by atoms with E-state index in [9.17, 15) is 4.79 Å². The third-order valence-corrected chi connectivity index (χ3v) is 4.07. The summed E-state index contributed by atoms with van der Waals surface area (Å²) >= 11 is 0. The number of carbonyl (C=O) groups excluding carboxylic acids is 1. The van der Waals surface area contributed by atoms with E-state index in [0.29, 0.717) is 31.2 Å². The molecule has 0 bridgehead atoms. The molecule has 1 aliphatic rings. The minimum atomic E-state index is -0.136. The van der Waals surface area contributed by atoms with Gasteiger partial charge < -0.3 is 9.47 Å². The van der Waals surface area contributed by atoms with Crippen molar-refractivity contribution >= 4 is 5.97 Å². The van der Waals surface area contributed by atoms with Crippen molar-refractivity contribution in [2.45, 2.75) is 26.4 Å². The van der Waals surface area contributed by atoms with Gasteiger partial charge in [0.25, 0.3) is 0 Å². The molecule has 0 spiro atoms. The summed E-state index contributed by atoms with van der Waals surface area (Å²) in [5.74, 6) is 0.412. The van der Waals surface area contributed by atoms with Crippen LogP contribution in [0.1, 0.15) is 30.9 Å². The van der Waals surface area contributed by atoms with Gasteiger partial charge in [0.2, 0.25) is 0 Å². The number of hydrogen-bond donors (Lipinski definition) is 0. The molecule has 0 radical (unpaired) electrons. The van der Waals surface area contributed by atoms with E-state index in [2.05, 4.69) is 11.0 Å². The molecule has 2 rings (SSSR count). The largest absolute Gasteiger partial charge is 0.465 e. The van der Waals surface area contributed by atoms with Crippen molar-refractivity contribution in [1.29, 1.82) is 5.26 Å². The topological polar surface area (TPSA) is 62.6 Å². The van der Waals surface area contributed by atoms with Crippen LogP contribution in [0.15, 0.2) is 24.3 Å². The van der Waals surface area contributed by atoms with Gasteiger partial charge in [-0.1, -0.05) is 12.1 Å². The van der Waals surface area contributed by atoms with Crippen molar-refractivity contribution in [3.05, 3.63) is 35.4 Å². The van der Waals surface area contributed by atoms with Gasteiger partial charge in [-0.2, -0.15) is 5.26 Å². The maximum atomic E-state index is 11.5. The molecule has 5 heteroatoms. The van der Waals surface area contributed by atoms with Crippen LogP contribution in [0, 0.1) is 17.2 Å². The molecule has 1 saturated heterocycles. The lowest BCUT2D eigenvalue weighted by Gasteiger charge is -2.30. The predicted octanol–water partition coefficient (Wildman–Crippen LogP) is 2.35. The van der Waals surface area contributed by atoms with Gasteiger partial charge in [0.05, 0.1) is 31.4 Å². The van der Waals surface area contributed by atoms with Crippen molar-refractivity contribution in [2.24, 2.45) is 5.92 Å². The van der Waals surface area contributed by atoms with Gasteiger partial charge in [0.15, 0.2) is 0 Å². The standard InChI is InChI=1S/C18H24N2O3/c1-2-23-18(21)12-20-9-7-17(8-10-20)14-22-13-16-5-3-15(11-19)4-6-16/h3-6,17H,2,7-10,12-14H2,1H3. The average Bonchev–Trinajstić information content (AvgIpc) is 2.57. The Bertz CT molecular complexity index is 528. The van der Waals surface area contributed by atoms with Crippen molar-refractivity contribution in [3.63, 3.8) is 0 Å². The smallest absolute Gasteiger partial charge is 0.320 e. The molecule has 124 valence electrons. The van der Waals surface area contributed by atoms with Crippen molar-refractivity contribution in [1.82, 2.24) is 4.90 Å². The number of likely N-dealkylation sites (tertiary alicyclic amines) is 1. The van der Waals surface area contributed by atoms with Crippen molar-refractivity contribution in [3.8, 4) is 6.07 Å². The number of ether oxygens (including phenoxy) is 2. The zero-order valence-electron chi connectivity index (χ0n) is 13.7. The summed E-state index contributed by atoms with van der Waals surface area (Å²) in [6, 6.07) is 9.60. The van der Waals surface area contributed by atoms with E-state index in [1.165, 1.54) is 0 Å². The molecule has 0 saturated carbocycles. The van der Waals surface area contributed by atoms with Gasteiger partial charge in [0.1, 0.15) is 0 Å². The molecular formula is C18H24N2O3. The van der Waals surface area contributed by atoms with E-state index in [4.69, 9.17) is 14.7 Å². The quantitative estimate of drug-likeness (QED) is 0.723. The Hall–Kier alpha value is -1.90. The van der Waals surface area contributed by atoms with Gasteiger partial charge in [-0.05, 0) is 56.5 Å². The van der Waals surface area contributed by atoms with E-state index in [1.807, 2.05) is 31.2 Å². The van der Waals surface area contributed by atoms with Gasteiger partial charge >= 0.3 is 5.97 Å². The highest BCUT2D eigenvalue weighted by atomic mass is 16.5. The fourth-order valence-electron chi connectivity index (χ4n) is 2.72. The lowest BCUT2D eigenvalue weighted by Crippen LogP contribution is -2.38. The third kappa shape index (κ3) is 6.01. The molecule has 0 aromatic heterocycles. The highest BCUT2D eigenvalue weighted by Gasteiger charge is 2.21. The first-order valence-electron chi connectivity index (χ1n) is 8.16. The highest BCUT2D eigenvalue weighted by Crippen LogP contribution is 2.18. The lowest BCUT2D eigenvalue weighted by molar-refractivity contribution is -0.144. The summed E-state index contributed by atoms with van der Waals surface area (Å²) in [5.41, 5.74) is 1.76. The number of nitrogens with zero attached hydrogens (tertiary/aromatic N) is 2. The summed E-state index contributed by atoms with van der Waals surface area (Å²) in [7, 11) is 0. The number of carbonyl (C=O) groups is 1. The maximum absolute atomic E-state index is 11.5. The SMILES string of the molecule is CCOC(=O)CN1CCC(COCc2ccc(C#N)cc2)CC1. The first kappa shape index (κ1) is 17.5. The van der Waals surface area contributed by atoms with Gasteiger partial charge in [-0.15, -0.1) is 0 Å². The van der Waals surface area contributed by atoms with Crippen LogP contribution in [-0.2, 0) is 20.9 Å². The van der Waals surface area contributed by atoms with Crippen LogP contribution in [0.4, 0.5) is 0 Å². The van der Waals surface area contributed by atoms with Crippen LogP contribution >= 0.6 is 0 Å². The zero-order chi connectivity index (χ0) is 16.5. The van der Waals surface area contributed by atoms with E-state index in [-0.39, 0.29) is 5.97 Å². The third-order valence-electron chi connectivity index (χ3n) is 4.07. The molecule has 0 unspecified atom stereocenters. The fraction of sp³-hybridized carbons (Fsp3) is 0.556. The van der Waals surface area contributed by atoms with E-state index in [1.54, 1.807) is 0 Å². The first-order chi connectivity index (χ1) is 11.2. The highest BCUT2D eigenvalue weighted by molar-refractivity contribution is 5.71. The fourth-order valence-corrected chi connectivity index (χ4v) is 2.72. The number of nitriles is 1. The second-order valence-corrected chi connectivity index (χ2v) is 5.85. The Morgan fingerprint density at radius 1 is 1.30 bits per heavy atom. The Kier molecular flexibility index (Phi) is 7.05. The van der Waals surface area contributed by atoms with Gasteiger partial charge in [0, 0.05) is 6.61 Å². The Morgan fingerprint density at radius 2 is 2.00 bits per heavy atom. The molecule has 1 aromatic carbocycles. The summed E-state index contributed by atoms with van der Waals surface area (Å²) in [6.45, 7) is 5.83. The van der Waals surface area contributed by atoms with Crippen molar-refractivity contribution in [2.75, 3.05) is 32.8 Å². The maximum Gasteiger partial charge on any atom is 0.320 e. The number of rotatable bonds is 7. The van der Waals surface area contributed by atoms with Crippen molar-refractivity contribution < 1.29 is 14.3 Å². The molecule has 0 aliphatic carbocycles. The number of hydrogen-bond acceptors (Lipinski definition) is 5. The predicted molar refractivity (Wildman–Crippen MR) is 86.6 cm³/mol. The Morgan fingerprint density at radius 3 is 2.61 bits per heavy atom. The first-order valence-corrected chi connectivity index (χ1v) is 8.16. The second-order valence-electron chi connectivity index (χ2n) is 5.85. The normalized spacial score (nSPS) is 16.0. The summed E-state index contributed by atoms with van der Waals surface area (Å²) < 4.78 is 10.8. The lowest BCUT2D eigenvalue weighted by atomic mass is 9.98. The Balaban J connectivity index is 1.62. The molecular weight excluding hydrogens is 292 g/mol. The molecule has 1 aromatic rings. The van der Waals surface area contributed by atoms with Gasteiger partial charge in [-0.25, -0.2) is 0 Å². The number of piperidine rings is 1. The molecule has 0 atom stereocenters. The summed E-state index contributed by atoms with van der Waals surface area (Å²) in [4.78, 5) is 13.6.